The Labute approximate surface area is 132 Å². The number of hydrogen-bond donors (Lipinski definition) is 3. The van der Waals surface area contributed by atoms with Crippen LogP contribution >= 0.6 is 11.6 Å². The number of rotatable bonds is 4. The molecule has 0 radical (unpaired) electrons. The number of carbonyl (C=O) groups excluding carboxylic acids is 2. The van der Waals surface area contributed by atoms with Crippen LogP contribution in [-0.4, -0.2) is 24.0 Å². The molecule has 114 valence electrons. The van der Waals surface area contributed by atoms with Gasteiger partial charge in [0.25, 0.3) is 5.91 Å². The SMILES string of the molecule is CNC(=O)c1cc(NC(=O)NCc2ccncc2)ccc1Cl. The summed E-state index contributed by atoms with van der Waals surface area (Å²) in [6.45, 7) is 0.379. The Bertz CT molecular complexity index is 676. The van der Waals surface area contributed by atoms with Crippen molar-refractivity contribution in [1.82, 2.24) is 15.6 Å². The highest BCUT2D eigenvalue weighted by atomic mass is 35.5. The Morgan fingerprint density at radius 3 is 2.59 bits per heavy atom. The van der Waals surface area contributed by atoms with Gasteiger partial charge in [0.15, 0.2) is 0 Å². The number of hydrogen-bond acceptors (Lipinski definition) is 3. The van der Waals surface area contributed by atoms with Crippen LogP contribution in [0.25, 0.3) is 0 Å². The van der Waals surface area contributed by atoms with E-state index in [1.807, 2.05) is 12.1 Å². The molecule has 0 aliphatic carbocycles. The van der Waals surface area contributed by atoms with E-state index in [9.17, 15) is 9.59 Å². The van der Waals surface area contributed by atoms with Crippen LogP contribution in [0.3, 0.4) is 0 Å². The minimum Gasteiger partial charge on any atom is -0.355 e. The molecule has 0 aliphatic heterocycles. The third kappa shape index (κ3) is 4.20. The van der Waals surface area contributed by atoms with Gasteiger partial charge in [0.05, 0.1) is 10.6 Å². The van der Waals surface area contributed by atoms with Crippen molar-refractivity contribution >= 4 is 29.2 Å². The van der Waals surface area contributed by atoms with Crippen molar-refractivity contribution in [2.24, 2.45) is 0 Å². The maximum absolute atomic E-state index is 11.9. The number of pyridine rings is 1. The van der Waals surface area contributed by atoms with E-state index in [1.54, 1.807) is 24.5 Å². The molecule has 3 N–H and O–H groups in total. The summed E-state index contributed by atoms with van der Waals surface area (Å²) in [6.07, 6.45) is 3.31. The second-order valence-electron chi connectivity index (χ2n) is 4.44. The fourth-order valence-corrected chi connectivity index (χ4v) is 1.97. The summed E-state index contributed by atoms with van der Waals surface area (Å²) in [6, 6.07) is 7.96. The van der Waals surface area contributed by atoms with Crippen LogP contribution in [0.15, 0.2) is 42.7 Å². The largest absolute Gasteiger partial charge is 0.355 e. The van der Waals surface area contributed by atoms with E-state index < -0.39 is 0 Å². The number of urea groups is 1. The zero-order valence-electron chi connectivity index (χ0n) is 11.9. The quantitative estimate of drug-likeness (QED) is 0.809. The van der Waals surface area contributed by atoms with Crippen LogP contribution in [0.1, 0.15) is 15.9 Å². The fraction of sp³-hybridized carbons (Fsp3) is 0.133. The van der Waals surface area contributed by atoms with E-state index in [1.165, 1.54) is 13.1 Å². The average molecular weight is 319 g/mol. The molecule has 0 unspecified atom stereocenters. The van der Waals surface area contributed by atoms with Gasteiger partial charge in [0.2, 0.25) is 0 Å². The Morgan fingerprint density at radius 2 is 1.91 bits per heavy atom. The Hall–Kier alpha value is -2.60. The number of amides is 3. The van der Waals surface area contributed by atoms with E-state index in [-0.39, 0.29) is 11.9 Å². The normalized spacial score (nSPS) is 9.91. The maximum Gasteiger partial charge on any atom is 0.319 e. The van der Waals surface area contributed by atoms with E-state index >= 15 is 0 Å². The molecule has 1 heterocycles. The van der Waals surface area contributed by atoms with Crippen LogP contribution in [0.2, 0.25) is 5.02 Å². The van der Waals surface area contributed by atoms with Gasteiger partial charge in [0, 0.05) is 31.7 Å². The number of carbonyl (C=O) groups is 2. The smallest absolute Gasteiger partial charge is 0.319 e. The Kier molecular flexibility index (Phi) is 5.32. The van der Waals surface area contributed by atoms with Gasteiger partial charge in [-0.05, 0) is 35.9 Å². The van der Waals surface area contributed by atoms with Gasteiger partial charge in [-0.3, -0.25) is 9.78 Å². The van der Waals surface area contributed by atoms with Gasteiger partial charge in [0.1, 0.15) is 0 Å². The molecule has 0 saturated heterocycles. The molecule has 0 saturated carbocycles. The zero-order valence-corrected chi connectivity index (χ0v) is 12.6. The average Bonchev–Trinajstić information content (AvgIpc) is 2.55. The highest BCUT2D eigenvalue weighted by molar-refractivity contribution is 6.34. The third-order valence-electron chi connectivity index (χ3n) is 2.90. The molecule has 2 aromatic rings. The lowest BCUT2D eigenvalue weighted by Gasteiger charge is -2.10. The molecule has 1 aromatic carbocycles. The number of benzene rings is 1. The van der Waals surface area contributed by atoms with Crippen molar-refractivity contribution in [2.45, 2.75) is 6.54 Å². The summed E-state index contributed by atoms with van der Waals surface area (Å²) in [5, 5.41) is 8.18. The molecule has 7 heteroatoms. The summed E-state index contributed by atoms with van der Waals surface area (Å²) < 4.78 is 0. The number of aromatic nitrogens is 1. The van der Waals surface area contributed by atoms with Crippen LogP contribution in [0.4, 0.5) is 10.5 Å². The number of nitrogens with zero attached hydrogens (tertiary/aromatic N) is 1. The third-order valence-corrected chi connectivity index (χ3v) is 3.23. The van der Waals surface area contributed by atoms with Gasteiger partial charge in [-0.2, -0.15) is 0 Å². The van der Waals surface area contributed by atoms with E-state index in [0.717, 1.165) is 5.56 Å². The molecule has 0 atom stereocenters. The molecule has 3 amide bonds. The molecule has 22 heavy (non-hydrogen) atoms. The van der Waals surface area contributed by atoms with Crippen LogP contribution < -0.4 is 16.0 Å². The highest BCUT2D eigenvalue weighted by Gasteiger charge is 2.10. The minimum absolute atomic E-state index is 0.302. The zero-order chi connectivity index (χ0) is 15.9. The molecule has 0 fully saturated rings. The molecule has 1 aromatic heterocycles. The first-order valence-electron chi connectivity index (χ1n) is 6.55. The summed E-state index contributed by atoms with van der Waals surface area (Å²) in [5.74, 6) is -0.314. The van der Waals surface area contributed by atoms with Gasteiger partial charge >= 0.3 is 6.03 Å². The number of nitrogens with one attached hydrogen (secondary N) is 3. The summed E-state index contributed by atoms with van der Waals surface area (Å²) in [5.41, 5.74) is 1.72. The van der Waals surface area contributed by atoms with Crippen LogP contribution in [0.5, 0.6) is 0 Å². The fourth-order valence-electron chi connectivity index (χ4n) is 1.77. The predicted octanol–water partition coefficient (Wildman–Crippen LogP) is 2.42. The van der Waals surface area contributed by atoms with Crippen LogP contribution in [0, 0.1) is 0 Å². The minimum atomic E-state index is -0.373. The Balaban J connectivity index is 1.98. The lowest BCUT2D eigenvalue weighted by atomic mass is 10.2. The van der Waals surface area contributed by atoms with Gasteiger partial charge in [-0.25, -0.2) is 4.79 Å². The standard InChI is InChI=1S/C15H15ClN4O2/c1-17-14(21)12-8-11(2-3-13(12)16)20-15(22)19-9-10-4-6-18-7-5-10/h2-8H,9H2,1H3,(H,17,21)(H2,19,20,22). The van der Waals surface area contributed by atoms with Gasteiger partial charge in [-0.1, -0.05) is 11.6 Å². The van der Waals surface area contributed by atoms with Crippen LogP contribution in [-0.2, 0) is 6.54 Å². The molecule has 0 bridgehead atoms. The summed E-state index contributed by atoms with van der Waals surface area (Å²) in [4.78, 5) is 27.4. The van der Waals surface area contributed by atoms with Crippen molar-refractivity contribution in [2.75, 3.05) is 12.4 Å². The maximum atomic E-state index is 11.9. The highest BCUT2D eigenvalue weighted by Crippen LogP contribution is 2.20. The molecule has 6 nitrogen and oxygen atoms in total. The van der Waals surface area contributed by atoms with Crippen molar-refractivity contribution in [1.29, 1.82) is 0 Å². The Morgan fingerprint density at radius 1 is 1.18 bits per heavy atom. The van der Waals surface area contributed by atoms with E-state index in [4.69, 9.17) is 11.6 Å². The molecule has 2 rings (SSSR count). The topological polar surface area (TPSA) is 83.1 Å². The first-order chi connectivity index (χ1) is 10.6. The summed E-state index contributed by atoms with van der Waals surface area (Å²) in [7, 11) is 1.51. The predicted molar refractivity (Wildman–Crippen MR) is 84.9 cm³/mol. The first kappa shape index (κ1) is 15.8. The lowest BCUT2D eigenvalue weighted by Crippen LogP contribution is -2.28. The van der Waals surface area contributed by atoms with Crippen molar-refractivity contribution in [3.05, 3.63) is 58.9 Å². The monoisotopic (exact) mass is 318 g/mol. The second-order valence-corrected chi connectivity index (χ2v) is 4.84. The van der Waals surface area contributed by atoms with E-state index in [2.05, 4.69) is 20.9 Å². The van der Waals surface area contributed by atoms with Crippen molar-refractivity contribution in [3.8, 4) is 0 Å². The van der Waals surface area contributed by atoms with E-state index in [0.29, 0.717) is 22.8 Å². The lowest BCUT2D eigenvalue weighted by molar-refractivity contribution is 0.0963. The van der Waals surface area contributed by atoms with Crippen molar-refractivity contribution < 1.29 is 9.59 Å². The summed E-state index contributed by atoms with van der Waals surface area (Å²) >= 11 is 5.95. The molecule has 0 aliphatic rings. The number of anilines is 1. The van der Waals surface area contributed by atoms with Gasteiger partial charge in [-0.15, -0.1) is 0 Å². The van der Waals surface area contributed by atoms with Gasteiger partial charge < -0.3 is 16.0 Å². The molecular weight excluding hydrogens is 304 g/mol. The number of halogens is 1. The second kappa shape index (κ2) is 7.42. The molecular formula is C15H15ClN4O2. The first-order valence-corrected chi connectivity index (χ1v) is 6.93. The molecule has 0 spiro atoms. The van der Waals surface area contributed by atoms with Crippen molar-refractivity contribution in [3.63, 3.8) is 0 Å².